The summed E-state index contributed by atoms with van der Waals surface area (Å²) in [7, 11) is 0. The molecule has 2 saturated carbocycles. The molecule has 2 unspecified atom stereocenters. The van der Waals surface area contributed by atoms with Crippen molar-refractivity contribution < 1.29 is 14.7 Å². The van der Waals surface area contributed by atoms with Gasteiger partial charge in [-0.3, -0.25) is 9.59 Å². The Bertz CT molecular complexity index is 510. The third kappa shape index (κ3) is 3.28. The zero-order valence-electron chi connectivity index (χ0n) is 12.0. The maximum absolute atomic E-state index is 12.9. The maximum atomic E-state index is 12.9. The third-order valence-corrected chi connectivity index (χ3v) is 5.44. The van der Waals surface area contributed by atoms with Gasteiger partial charge in [0.25, 0.3) is 0 Å². The number of aliphatic carboxylic acids is 1. The summed E-state index contributed by atoms with van der Waals surface area (Å²) in [6.07, 6.45) is 5.38. The number of nitrogens with zero attached hydrogens (tertiary/aromatic N) is 1. The first-order valence-electron chi connectivity index (χ1n) is 7.72. The first-order valence-corrected chi connectivity index (χ1v) is 8.60. The monoisotopic (exact) mass is 307 g/mol. The van der Waals surface area contributed by atoms with Crippen LogP contribution in [0.15, 0.2) is 17.5 Å². The predicted molar refractivity (Wildman–Crippen MR) is 81.0 cm³/mol. The Kier molecular flexibility index (Phi) is 4.29. The average molecular weight is 307 g/mol. The van der Waals surface area contributed by atoms with Crippen LogP contribution in [0.4, 0.5) is 0 Å². The summed E-state index contributed by atoms with van der Waals surface area (Å²) in [6, 6.07) is 4.37. The van der Waals surface area contributed by atoms with Gasteiger partial charge in [-0.15, -0.1) is 11.3 Å². The molecule has 2 aliphatic carbocycles. The fourth-order valence-electron chi connectivity index (χ4n) is 3.28. The minimum absolute atomic E-state index is 0.0676. The van der Waals surface area contributed by atoms with Crippen molar-refractivity contribution in [1.29, 1.82) is 0 Å². The van der Waals surface area contributed by atoms with Gasteiger partial charge in [-0.1, -0.05) is 18.9 Å². The first-order chi connectivity index (χ1) is 10.2. The molecule has 0 bridgehead atoms. The van der Waals surface area contributed by atoms with E-state index in [2.05, 4.69) is 0 Å². The van der Waals surface area contributed by atoms with E-state index in [1.165, 1.54) is 4.88 Å². The number of carboxylic acids is 1. The summed E-state index contributed by atoms with van der Waals surface area (Å²) in [6.45, 7) is 0.643. The summed E-state index contributed by atoms with van der Waals surface area (Å²) in [4.78, 5) is 27.4. The zero-order valence-corrected chi connectivity index (χ0v) is 12.8. The van der Waals surface area contributed by atoms with Crippen LogP contribution in [0.2, 0.25) is 0 Å². The van der Waals surface area contributed by atoms with E-state index in [4.69, 9.17) is 0 Å². The van der Waals surface area contributed by atoms with Gasteiger partial charge >= 0.3 is 5.97 Å². The predicted octanol–water partition coefficient (Wildman–Crippen LogP) is 3.13. The van der Waals surface area contributed by atoms with Gasteiger partial charge < -0.3 is 10.0 Å². The molecule has 3 rings (SSSR count). The van der Waals surface area contributed by atoms with Crippen LogP contribution in [-0.4, -0.2) is 27.9 Å². The highest BCUT2D eigenvalue weighted by Gasteiger charge is 2.41. The third-order valence-electron chi connectivity index (χ3n) is 4.58. The van der Waals surface area contributed by atoms with Gasteiger partial charge in [-0.25, -0.2) is 0 Å². The minimum Gasteiger partial charge on any atom is -0.481 e. The number of carbonyl (C=O) groups is 2. The molecule has 1 aromatic rings. The lowest BCUT2D eigenvalue weighted by Gasteiger charge is -2.32. The van der Waals surface area contributed by atoms with Crippen molar-refractivity contribution in [2.45, 2.75) is 51.1 Å². The van der Waals surface area contributed by atoms with Crippen molar-refractivity contribution >= 4 is 23.2 Å². The van der Waals surface area contributed by atoms with Crippen LogP contribution in [0, 0.1) is 11.8 Å². The highest BCUT2D eigenvalue weighted by Crippen LogP contribution is 2.36. The normalized spacial score (nSPS) is 25.5. The molecular formula is C16H21NO3S. The van der Waals surface area contributed by atoms with Crippen LogP contribution >= 0.6 is 11.3 Å². The van der Waals surface area contributed by atoms with Gasteiger partial charge in [-0.05, 0) is 37.1 Å². The molecule has 2 fully saturated rings. The fourth-order valence-corrected chi connectivity index (χ4v) is 3.98. The highest BCUT2D eigenvalue weighted by molar-refractivity contribution is 7.09. The van der Waals surface area contributed by atoms with E-state index in [-0.39, 0.29) is 11.8 Å². The Morgan fingerprint density at radius 2 is 1.90 bits per heavy atom. The van der Waals surface area contributed by atoms with E-state index < -0.39 is 11.9 Å². The first kappa shape index (κ1) is 14.6. The smallest absolute Gasteiger partial charge is 0.307 e. The molecule has 2 aliphatic rings. The summed E-state index contributed by atoms with van der Waals surface area (Å²) in [5.74, 6) is -1.55. The molecule has 21 heavy (non-hydrogen) atoms. The van der Waals surface area contributed by atoms with E-state index in [0.717, 1.165) is 32.1 Å². The molecular weight excluding hydrogens is 286 g/mol. The van der Waals surface area contributed by atoms with Gasteiger partial charge in [0.2, 0.25) is 5.91 Å². The van der Waals surface area contributed by atoms with Crippen molar-refractivity contribution in [2.75, 3.05) is 0 Å². The van der Waals surface area contributed by atoms with Crippen LogP contribution in [0.5, 0.6) is 0 Å². The van der Waals surface area contributed by atoms with E-state index in [1.54, 1.807) is 11.3 Å². The van der Waals surface area contributed by atoms with Crippen LogP contribution < -0.4 is 0 Å². The topological polar surface area (TPSA) is 57.6 Å². The molecule has 5 heteroatoms. The van der Waals surface area contributed by atoms with E-state index in [0.29, 0.717) is 19.0 Å². The van der Waals surface area contributed by atoms with Gasteiger partial charge in [0.05, 0.1) is 18.4 Å². The standard InChI is InChI=1S/C16H21NO3S/c18-15(13-5-1-2-6-14(13)16(19)20)17(11-7-8-11)10-12-4-3-9-21-12/h3-4,9,11,13-14H,1-2,5-8,10H2,(H,19,20). The van der Waals surface area contributed by atoms with Gasteiger partial charge in [0, 0.05) is 10.9 Å². The molecule has 0 aromatic carbocycles. The highest BCUT2D eigenvalue weighted by atomic mass is 32.1. The molecule has 0 saturated heterocycles. The van der Waals surface area contributed by atoms with Crippen LogP contribution in [0.3, 0.4) is 0 Å². The molecule has 1 amide bonds. The Labute approximate surface area is 128 Å². The Morgan fingerprint density at radius 1 is 1.19 bits per heavy atom. The lowest BCUT2D eigenvalue weighted by Crippen LogP contribution is -2.43. The number of carbonyl (C=O) groups excluding carboxylic acids is 1. The summed E-state index contributed by atoms with van der Waals surface area (Å²) < 4.78 is 0. The number of hydrogen-bond acceptors (Lipinski definition) is 3. The van der Waals surface area contributed by atoms with Crippen molar-refractivity contribution in [1.82, 2.24) is 4.90 Å². The second-order valence-electron chi connectivity index (χ2n) is 6.11. The minimum atomic E-state index is -0.806. The van der Waals surface area contributed by atoms with E-state index in [1.807, 2.05) is 22.4 Å². The van der Waals surface area contributed by atoms with Gasteiger partial charge in [0.1, 0.15) is 0 Å². The Balaban J connectivity index is 1.75. The van der Waals surface area contributed by atoms with Crippen LogP contribution in [-0.2, 0) is 16.1 Å². The molecule has 1 heterocycles. The SMILES string of the molecule is O=C(O)C1CCCCC1C(=O)N(Cc1cccs1)C1CC1. The summed E-state index contributed by atoms with van der Waals surface area (Å²) >= 11 is 1.66. The number of carboxylic acid groups (broad SMARTS) is 1. The second kappa shape index (κ2) is 6.18. The van der Waals surface area contributed by atoms with E-state index >= 15 is 0 Å². The van der Waals surface area contributed by atoms with E-state index in [9.17, 15) is 14.7 Å². The molecule has 4 nitrogen and oxygen atoms in total. The Morgan fingerprint density at radius 3 is 2.48 bits per heavy atom. The largest absolute Gasteiger partial charge is 0.481 e. The molecule has 114 valence electrons. The maximum Gasteiger partial charge on any atom is 0.307 e. The summed E-state index contributed by atoms with van der Waals surface area (Å²) in [5, 5.41) is 11.4. The molecule has 1 N–H and O–H groups in total. The van der Waals surface area contributed by atoms with Crippen LogP contribution in [0.1, 0.15) is 43.4 Å². The molecule has 1 aromatic heterocycles. The number of hydrogen-bond donors (Lipinski definition) is 1. The van der Waals surface area contributed by atoms with Gasteiger partial charge in [-0.2, -0.15) is 0 Å². The summed E-state index contributed by atoms with van der Waals surface area (Å²) in [5.41, 5.74) is 0. The lowest BCUT2D eigenvalue weighted by molar-refractivity contribution is -0.152. The van der Waals surface area contributed by atoms with Crippen molar-refractivity contribution in [3.63, 3.8) is 0 Å². The van der Waals surface area contributed by atoms with Crippen molar-refractivity contribution in [3.8, 4) is 0 Å². The number of rotatable bonds is 5. The van der Waals surface area contributed by atoms with Gasteiger partial charge in [0.15, 0.2) is 0 Å². The molecule has 2 atom stereocenters. The lowest BCUT2D eigenvalue weighted by atomic mass is 9.78. The van der Waals surface area contributed by atoms with Crippen molar-refractivity contribution in [3.05, 3.63) is 22.4 Å². The second-order valence-corrected chi connectivity index (χ2v) is 7.14. The van der Waals surface area contributed by atoms with Crippen molar-refractivity contribution in [2.24, 2.45) is 11.8 Å². The van der Waals surface area contributed by atoms with Crippen LogP contribution in [0.25, 0.3) is 0 Å². The number of amides is 1. The number of thiophene rings is 1. The molecule has 0 radical (unpaired) electrons. The Hall–Kier alpha value is -1.36. The average Bonchev–Trinajstić information content (AvgIpc) is 3.20. The quantitative estimate of drug-likeness (QED) is 0.909. The molecule has 0 aliphatic heterocycles. The fraction of sp³-hybridized carbons (Fsp3) is 0.625. The molecule has 0 spiro atoms. The zero-order chi connectivity index (χ0) is 14.8.